The van der Waals surface area contributed by atoms with Crippen molar-refractivity contribution in [1.82, 2.24) is 5.32 Å². The van der Waals surface area contributed by atoms with Crippen molar-refractivity contribution in [2.45, 2.75) is 31.8 Å². The van der Waals surface area contributed by atoms with Gasteiger partial charge in [-0.05, 0) is 49.3 Å². The van der Waals surface area contributed by atoms with Crippen molar-refractivity contribution in [1.29, 1.82) is 0 Å². The van der Waals surface area contributed by atoms with Crippen LogP contribution in [0.5, 0.6) is 0 Å². The molecule has 0 saturated carbocycles. The van der Waals surface area contributed by atoms with Gasteiger partial charge in [0.15, 0.2) is 0 Å². The summed E-state index contributed by atoms with van der Waals surface area (Å²) in [5, 5.41) is 4.54. The fourth-order valence-corrected chi connectivity index (χ4v) is 3.16. The highest BCUT2D eigenvalue weighted by atomic mass is 35.5. The lowest BCUT2D eigenvalue weighted by Gasteiger charge is -2.19. The molecule has 1 aliphatic rings. The van der Waals surface area contributed by atoms with Crippen LogP contribution in [0.15, 0.2) is 18.2 Å². The van der Waals surface area contributed by atoms with E-state index in [0.717, 1.165) is 10.8 Å². The Bertz CT molecular complexity index is 367. The van der Waals surface area contributed by atoms with Crippen LogP contribution >= 0.6 is 23.4 Å². The summed E-state index contributed by atoms with van der Waals surface area (Å²) in [6, 6.07) is 7.33. The van der Waals surface area contributed by atoms with Crippen LogP contribution in [0.25, 0.3) is 0 Å². The van der Waals surface area contributed by atoms with Crippen LogP contribution in [0.4, 0.5) is 0 Å². The van der Waals surface area contributed by atoms with Crippen molar-refractivity contribution >= 4 is 23.4 Å². The normalized spacial score (nSPS) is 20.8. The van der Waals surface area contributed by atoms with Gasteiger partial charge in [0.2, 0.25) is 0 Å². The highest BCUT2D eigenvalue weighted by Crippen LogP contribution is 2.33. The first-order valence-electron chi connectivity index (χ1n) is 5.74. The van der Waals surface area contributed by atoms with Gasteiger partial charge in [0.25, 0.3) is 0 Å². The molecule has 0 heterocycles. The van der Waals surface area contributed by atoms with Gasteiger partial charge in [-0.1, -0.05) is 17.7 Å². The summed E-state index contributed by atoms with van der Waals surface area (Å²) in [6.45, 7) is 2.25. The van der Waals surface area contributed by atoms with E-state index < -0.39 is 0 Å². The number of benzene rings is 1. The van der Waals surface area contributed by atoms with Crippen LogP contribution in [0.2, 0.25) is 5.02 Å². The predicted octanol–water partition coefficient (Wildman–Crippen LogP) is 3.67. The lowest BCUT2D eigenvalue weighted by Crippen LogP contribution is -2.31. The number of thioether (sulfide) groups is 1. The largest absolute Gasteiger partial charge is 0.307 e. The van der Waals surface area contributed by atoms with Gasteiger partial charge in [-0.3, -0.25) is 0 Å². The van der Waals surface area contributed by atoms with Gasteiger partial charge in [0, 0.05) is 22.9 Å². The van der Waals surface area contributed by atoms with Crippen LogP contribution in [0.3, 0.4) is 0 Å². The summed E-state index contributed by atoms with van der Waals surface area (Å²) in [4.78, 5) is 0. The molecule has 1 nitrogen and oxygen atoms in total. The molecule has 1 aliphatic carbocycles. The Morgan fingerprint density at radius 2 is 2.38 bits per heavy atom. The number of aryl methyl sites for hydroxylation is 1. The van der Waals surface area contributed by atoms with Gasteiger partial charge >= 0.3 is 0 Å². The highest BCUT2D eigenvalue weighted by molar-refractivity contribution is 7.98. The Hall–Kier alpha value is -0.180. The van der Waals surface area contributed by atoms with Gasteiger partial charge in [0.1, 0.15) is 0 Å². The molecular formula is C13H18ClNS. The van der Waals surface area contributed by atoms with Crippen LogP contribution in [0.1, 0.15) is 30.5 Å². The predicted molar refractivity (Wildman–Crippen MR) is 73.5 cm³/mol. The van der Waals surface area contributed by atoms with Gasteiger partial charge in [0.05, 0.1) is 0 Å². The molecule has 0 aromatic heterocycles. The molecule has 0 radical (unpaired) electrons. The standard InChI is InChI=1S/C13H18ClNS/c1-9(8-16-2)15-13-6-4-10-3-5-11(14)7-12(10)13/h3,5,7,9,13,15H,4,6,8H2,1-2H3. The number of hydrogen-bond acceptors (Lipinski definition) is 2. The van der Waals surface area contributed by atoms with E-state index in [-0.39, 0.29) is 0 Å². The highest BCUT2D eigenvalue weighted by Gasteiger charge is 2.23. The van der Waals surface area contributed by atoms with E-state index in [4.69, 9.17) is 11.6 Å². The molecular weight excluding hydrogens is 238 g/mol. The topological polar surface area (TPSA) is 12.0 Å². The second-order valence-electron chi connectivity index (χ2n) is 4.46. The molecule has 2 unspecified atom stereocenters. The maximum Gasteiger partial charge on any atom is 0.0409 e. The first-order valence-corrected chi connectivity index (χ1v) is 7.51. The Labute approximate surface area is 107 Å². The summed E-state index contributed by atoms with van der Waals surface area (Å²) in [5.41, 5.74) is 2.86. The first-order chi connectivity index (χ1) is 7.70. The van der Waals surface area contributed by atoms with E-state index in [1.807, 2.05) is 17.8 Å². The maximum atomic E-state index is 6.05. The second-order valence-corrected chi connectivity index (χ2v) is 5.80. The minimum absolute atomic E-state index is 0.496. The Morgan fingerprint density at radius 1 is 1.56 bits per heavy atom. The van der Waals surface area contributed by atoms with Crippen LogP contribution in [-0.4, -0.2) is 18.1 Å². The van der Waals surface area contributed by atoms with Gasteiger partial charge in [-0.15, -0.1) is 0 Å². The zero-order valence-electron chi connectivity index (χ0n) is 9.79. The molecule has 1 aromatic carbocycles. The van der Waals surface area contributed by atoms with Gasteiger partial charge in [-0.25, -0.2) is 0 Å². The van der Waals surface area contributed by atoms with Crippen molar-refractivity contribution in [3.63, 3.8) is 0 Å². The molecule has 1 aromatic rings. The van der Waals surface area contributed by atoms with Crippen LogP contribution in [-0.2, 0) is 6.42 Å². The molecule has 1 N–H and O–H groups in total. The van der Waals surface area contributed by atoms with Crippen molar-refractivity contribution in [2.24, 2.45) is 0 Å². The summed E-state index contributed by atoms with van der Waals surface area (Å²) < 4.78 is 0. The third-order valence-corrected chi connectivity index (χ3v) is 4.16. The quantitative estimate of drug-likeness (QED) is 0.881. The number of fused-ring (bicyclic) bond motifs is 1. The summed E-state index contributed by atoms with van der Waals surface area (Å²) in [7, 11) is 0. The van der Waals surface area contributed by atoms with Crippen molar-refractivity contribution < 1.29 is 0 Å². The van der Waals surface area contributed by atoms with Crippen LogP contribution in [0, 0.1) is 0 Å². The van der Waals surface area contributed by atoms with E-state index in [1.54, 1.807) is 0 Å². The van der Waals surface area contributed by atoms with Crippen LogP contribution < -0.4 is 5.32 Å². The maximum absolute atomic E-state index is 6.05. The average Bonchev–Trinajstić information content (AvgIpc) is 2.61. The van der Waals surface area contributed by atoms with Gasteiger partial charge < -0.3 is 5.32 Å². The second kappa shape index (κ2) is 5.44. The first kappa shape index (κ1) is 12.3. The number of nitrogens with one attached hydrogen (secondary N) is 1. The van der Waals surface area contributed by atoms with E-state index in [2.05, 4.69) is 30.6 Å². The Balaban J connectivity index is 2.08. The fourth-order valence-electron chi connectivity index (χ4n) is 2.39. The van der Waals surface area contributed by atoms with Crippen molar-refractivity contribution in [3.8, 4) is 0 Å². The number of hydrogen-bond donors (Lipinski definition) is 1. The van der Waals surface area contributed by atoms with Gasteiger partial charge in [-0.2, -0.15) is 11.8 Å². The monoisotopic (exact) mass is 255 g/mol. The minimum atomic E-state index is 0.496. The van der Waals surface area contributed by atoms with E-state index >= 15 is 0 Å². The molecule has 0 fully saturated rings. The lowest BCUT2D eigenvalue weighted by molar-refractivity contribution is 0.479. The smallest absolute Gasteiger partial charge is 0.0409 e. The molecule has 0 amide bonds. The summed E-state index contributed by atoms with van der Waals surface area (Å²) in [6.07, 6.45) is 4.53. The molecule has 2 atom stereocenters. The molecule has 0 aliphatic heterocycles. The van der Waals surface area contributed by atoms with E-state index in [0.29, 0.717) is 12.1 Å². The summed E-state index contributed by atoms with van der Waals surface area (Å²) >= 11 is 7.94. The third-order valence-electron chi connectivity index (χ3n) is 3.09. The zero-order valence-corrected chi connectivity index (χ0v) is 11.4. The molecule has 0 spiro atoms. The Morgan fingerprint density at radius 3 is 3.12 bits per heavy atom. The lowest BCUT2D eigenvalue weighted by atomic mass is 10.1. The summed E-state index contributed by atoms with van der Waals surface area (Å²) in [5.74, 6) is 1.16. The molecule has 3 heteroatoms. The van der Waals surface area contributed by atoms with E-state index in [9.17, 15) is 0 Å². The molecule has 16 heavy (non-hydrogen) atoms. The zero-order chi connectivity index (χ0) is 11.5. The SMILES string of the molecule is CSCC(C)NC1CCc2ccc(Cl)cc21. The van der Waals surface area contributed by atoms with Crippen molar-refractivity contribution in [3.05, 3.63) is 34.3 Å². The fraction of sp³-hybridized carbons (Fsp3) is 0.538. The molecule has 2 rings (SSSR count). The molecule has 0 bridgehead atoms. The Kier molecular flexibility index (Phi) is 4.17. The molecule has 88 valence electrons. The van der Waals surface area contributed by atoms with Crippen molar-refractivity contribution in [2.75, 3.05) is 12.0 Å². The minimum Gasteiger partial charge on any atom is -0.307 e. The number of rotatable bonds is 4. The average molecular weight is 256 g/mol. The third kappa shape index (κ3) is 2.73. The number of halogens is 1. The molecule has 0 saturated heterocycles. The van der Waals surface area contributed by atoms with E-state index in [1.165, 1.54) is 24.0 Å².